The summed E-state index contributed by atoms with van der Waals surface area (Å²) in [5.74, 6) is 0.395. The number of rotatable bonds is 5. The van der Waals surface area contributed by atoms with E-state index in [0.29, 0.717) is 12.5 Å². The van der Waals surface area contributed by atoms with Crippen LogP contribution >= 0.6 is 0 Å². The lowest BCUT2D eigenvalue weighted by atomic mass is 10.1. The minimum absolute atomic E-state index is 0.112. The lowest BCUT2D eigenvalue weighted by Gasteiger charge is -2.05. The number of esters is 1. The zero-order valence-corrected chi connectivity index (χ0v) is 9.04. The van der Waals surface area contributed by atoms with Crippen molar-refractivity contribution >= 4 is 5.97 Å². The van der Waals surface area contributed by atoms with Gasteiger partial charge in [-0.2, -0.15) is 0 Å². The Labute approximate surface area is 81.0 Å². The van der Waals surface area contributed by atoms with Gasteiger partial charge >= 0.3 is 5.97 Å². The zero-order chi connectivity index (χ0) is 10.3. The summed E-state index contributed by atoms with van der Waals surface area (Å²) in [6, 6.07) is 0. The van der Waals surface area contributed by atoms with Crippen molar-refractivity contribution in [2.45, 2.75) is 34.1 Å². The van der Waals surface area contributed by atoms with Crippen molar-refractivity contribution in [2.24, 2.45) is 11.8 Å². The van der Waals surface area contributed by atoms with E-state index in [0.717, 1.165) is 6.42 Å². The Morgan fingerprint density at radius 2 is 2.00 bits per heavy atom. The minimum atomic E-state index is -0.137. The van der Waals surface area contributed by atoms with Gasteiger partial charge in [-0.1, -0.05) is 26.0 Å². The van der Waals surface area contributed by atoms with Crippen LogP contribution < -0.4 is 0 Å². The average Bonchev–Trinajstić information content (AvgIpc) is 2.04. The third-order valence-electron chi connectivity index (χ3n) is 1.69. The normalized spacial score (nSPS) is 13.6. The molecule has 0 amide bonds. The van der Waals surface area contributed by atoms with E-state index in [4.69, 9.17) is 4.74 Å². The van der Waals surface area contributed by atoms with Crippen molar-refractivity contribution in [3.63, 3.8) is 0 Å². The fourth-order valence-corrected chi connectivity index (χ4v) is 0.907. The third-order valence-corrected chi connectivity index (χ3v) is 1.69. The van der Waals surface area contributed by atoms with Crippen LogP contribution in [0.1, 0.15) is 34.1 Å². The second kappa shape index (κ2) is 6.70. The molecular weight excluding hydrogens is 164 g/mol. The number of carbonyl (C=O) groups is 1. The van der Waals surface area contributed by atoms with Gasteiger partial charge in [-0.3, -0.25) is 4.79 Å². The van der Waals surface area contributed by atoms with Gasteiger partial charge in [0.25, 0.3) is 0 Å². The molecule has 0 radical (unpaired) electrons. The summed E-state index contributed by atoms with van der Waals surface area (Å²) in [6.45, 7) is 8.44. The van der Waals surface area contributed by atoms with E-state index in [1.165, 1.54) is 0 Å². The van der Waals surface area contributed by atoms with E-state index in [2.05, 4.69) is 13.8 Å². The molecule has 0 N–H and O–H groups in total. The van der Waals surface area contributed by atoms with Crippen LogP contribution in [0.3, 0.4) is 0 Å². The zero-order valence-electron chi connectivity index (χ0n) is 9.04. The Bertz CT molecular complexity index is 171. The molecule has 13 heavy (non-hydrogen) atoms. The van der Waals surface area contributed by atoms with Gasteiger partial charge in [0, 0.05) is 0 Å². The van der Waals surface area contributed by atoms with Crippen LogP contribution in [0.15, 0.2) is 12.2 Å². The van der Waals surface area contributed by atoms with Crippen LogP contribution in [0.25, 0.3) is 0 Å². The Morgan fingerprint density at radius 3 is 2.46 bits per heavy atom. The molecule has 0 aliphatic rings. The van der Waals surface area contributed by atoms with Gasteiger partial charge in [0.2, 0.25) is 0 Å². The summed E-state index contributed by atoms with van der Waals surface area (Å²) in [4.78, 5) is 11.1. The van der Waals surface area contributed by atoms with Gasteiger partial charge < -0.3 is 4.74 Å². The molecule has 0 spiro atoms. The molecule has 0 fully saturated rings. The SMILES string of the molecule is CCOC(=O)[C@H](C)C=CCC(C)C. The highest BCUT2D eigenvalue weighted by molar-refractivity contribution is 5.73. The Hall–Kier alpha value is -0.790. The van der Waals surface area contributed by atoms with Gasteiger partial charge in [0.15, 0.2) is 0 Å². The highest BCUT2D eigenvalue weighted by atomic mass is 16.5. The van der Waals surface area contributed by atoms with E-state index < -0.39 is 0 Å². The number of ether oxygens (including phenoxy) is 1. The molecule has 0 aliphatic carbocycles. The van der Waals surface area contributed by atoms with E-state index in [9.17, 15) is 4.79 Å². The third kappa shape index (κ3) is 6.38. The Kier molecular flexibility index (Phi) is 6.29. The maximum Gasteiger partial charge on any atom is 0.312 e. The second-order valence-electron chi connectivity index (χ2n) is 3.60. The van der Waals surface area contributed by atoms with Crippen LogP contribution in [-0.4, -0.2) is 12.6 Å². The molecule has 0 aromatic carbocycles. The van der Waals surface area contributed by atoms with Crippen LogP contribution in [0, 0.1) is 11.8 Å². The Balaban J connectivity index is 3.77. The molecule has 0 unspecified atom stereocenters. The lowest BCUT2D eigenvalue weighted by Crippen LogP contribution is -2.12. The minimum Gasteiger partial charge on any atom is -0.466 e. The van der Waals surface area contributed by atoms with Gasteiger partial charge in [0.05, 0.1) is 12.5 Å². The van der Waals surface area contributed by atoms with Crippen LogP contribution in [0.5, 0.6) is 0 Å². The number of hydrogen-bond acceptors (Lipinski definition) is 2. The standard InChI is InChI=1S/C11H20O2/c1-5-13-11(12)10(4)8-6-7-9(2)3/h6,8-10H,5,7H2,1-4H3/t10-/m1/s1. The van der Waals surface area contributed by atoms with E-state index in [1.807, 2.05) is 26.0 Å². The van der Waals surface area contributed by atoms with Crippen molar-refractivity contribution in [3.05, 3.63) is 12.2 Å². The van der Waals surface area contributed by atoms with Crippen LogP contribution in [0.2, 0.25) is 0 Å². The molecule has 0 saturated carbocycles. The summed E-state index contributed by atoms with van der Waals surface area (Å²) < 4.78 is 4.87. The summed E-state index contributed by atoms with van der Waals surface area (Å²) >= 11 is 0. The van der Waals surface area contributed by atoms with Crippen LogP contribution in [-0.2, 0) is 9.53 Å². The predicted molar refractivity (Wildman–Crippen MR) is 54.4 cm³/mol. The number of carbonyl (C=O) groups excluding carboxylic acids is 1. The first kappa shape index (κ1) is 12.2. The molecule has 76 valence electrons. The van der Waals surface area contributed by atoms with E-state index in [1.54, 1.807) is 0 Å². The van der Waals surface area contributed by atoms with Crippen molar-refractivity contribution in [3.8, 4) is 0 Å². The fraction of sp³-hybridized carbons (Fsp3) is 0.727. The van der Waals surface area contributed by atoms with Crippen molar-refractivity contribution in [2.75, 3.05) is 6.61 Å². The molecule has 0 bridgehead atoms. The summed E-state index contributed by atoms with van der Waals surface area (Å²) in [6.07, 6.45) is 4.98. The van der Waals surface area contributed by atoms with Crippen molar-refractivity contribution < 1.29 is 9.53 Å². The van der Waals surface area contributed by atoms with E-state index >= 15 is 0 Å². The Morgan fingerprint density at radius 1 is 1.38 bits per heavy atom. The monoisotopic (exact) mass is 184 g/mol. The molecular formula is C11H20O2. The highest BCUT2D eigenvalue weighted by Crippen LogP contribution is 2.05. The number of allylic oxidation sites excluding steroid dienone is 1. The molecule has 1 atom stereocenters. The maximum atomic E-state index is 11.1. The molecule has 0 saturated heterocycles. The quantitative estimate of drug-likeness (QED) is 0.485. The van der Waals surface area contributed by atoms with Gasteiger partial charge in [-0.15, -0.1) is 0 Å². The molecule has 2 heteroatoms. The molecule has 0 rings (SSSR count). The average molecular weight is 184 g/mol. The second-order valence-corrected chi connectivity index (χ2v) is 3.60. The molecule has 0 heterocycles. The first-order valence-corrected chi connectivity index (χ1v) is 4.91. The smallest absolute Gasteiger partial charge is 0.312 e. The van der Waals surface area contributed by atoms with Crippen molar-refractivity contribution in [1.29, 1.82) is 0 Å². The maximum absolute atomic E-state index is 11.1. The van der Waals surface area contributed by atoms with E-state index in [-0.39, 0.29) is 11.9 Å². The topological polar surface area (TPSA) is 26.3 Å². The summed E-state index contributed by atoms with van der Waals surface area (Å²) in [5, 5.41) is 0. The predicted octanol–water partition coefficient (Wildman–Crippen LogP) is 2.79. The first-order chi connectivity index (χ1) is 6.07. The van der Waals surface area contributed by atoms with Crippen molar-refractivity contribution in [1.82, 2.24) is 0 Å². The highest BCUT2D eigenvalue weighted by Gasteiger charge is 2.08. The first-order valence-electron chi connectivity index (χ1n) is 4.91. The van der Waals surface area contributed by atoms with Gasteiger partial charge in [0.1, 0.15) is 0 Å². The molecule has 2 nitrogen and oxygen atoms in total. The molecule has 0 aliphatic heterocycles. The molecule has 0 aromatic heterocycles. The van der Waals surface area contributed by atoms with Gasteiger partial charge in [-0.05, 0) is 26.2 Å². The lowest BCUT2D eigenvalue weighted by molar-refractivity contribution is -0.145. The fourth-order valence-electron chi connectivity index (χ4n) is 0.907. The number of hydrogen-bond donors (Lipinski definition) is 0. The summed E-state index contributed by atoms with van der Waals surface area (Å²) in [5.41, 5.74) is 0. The summed E-state index contributed by atoms with van der Waals surface area (Å²) in [7, 11) is 0. The van der Waals surface area contributed by atoms with Gasteiger partial charge in [-0.25, -0.2) is 0 Å². The van der Waals surface area contributed by atoms with Crippen LogP contribution in [0.4, 0.5) is 0 Å². The largest absolute Gasteiger partial charge is 0.466 e. The molecule has 0 aromatic rings.